The summed E-state index contributed by atoms with van der Waals surface area (Å²) in [4.78, 5) is 24.7. The van der Waals surface area contributed by atoms with Crippen LogP contribution in [0, 0.1) is 6.92 Å². The summed E-state index contributed by atoms with van der Waals surface area (Å²) in [5, 5.41) is 33.7. The highest BCUT2D eigenvalue weighted by atomic mass is 31.2. The highest BCUT2D eigenvalue weighted by molar-refractivity contribution is 7.53. The van der Waals surface area contributed by atoms with E-state index < -0.39 is 26.4 Å². The molecular formula is C13H24N2O12P2. The molecule has 16 heteroatoms. The van der Waals surface area contributed by atoms with Gasteiger partial charge in [-0.05, 0) is 32.6 Å². The van der Waals surface area contributed by atoms with E-state index in [0.717, 1.165) is 4.57 Å². The molecule has 0 amide bonds. The van der Waals surface area contributed by atoms with Gasteiger partial charge in [0.05, 0.1) is 12.3 Å². The van der Waals surface area contributed by atoms with Gasteiger partial charge in [-0.15, -0.1) is 0 Å². The number of aromatic nitrogens is 2. The molecule has 1 heterocycles. The largest absolute Gasteiger partial charge is 0.383 e. The Hall–Kier alpha value is -1.18. The van der Waals surface area contributed by atoms with Crippen molar-refractivity contribution >= 4 is 15.2 Å². The van der Waals surface area contributed by atoms with Crippen LogP contribution in [0.5, 0.6) is 0 Å². The Bertz CT molecular complexity index is 850. The molecule has 0 saturated carbocycles. The summed E-state index contributed by atoms with van der Waals surface area (Å²) in [5.41, 5.74) is -0.714. The Morgan fingerprint density at radius 2 is 1.21 bits per heavy atom. The maximum absolute atomic E-state index is 12.6. The third kappa shape index (κ3) is 7.54. The number of aryl methyl sites for hydroxylation is 1. The topological polar surface area (TPSA) is 196 Å². The fourth-order valence-corrected chi connectivity index (χ4v) is 4.16. The predicted molar refractivity (Wildman–Crippen MR) is 98.0 cm³/mol. The van der Waals surface area contributed by atoms with Crippen LogP contribution in [-0.2, 0) is 40.9 Å². The van der Waals surface area contributed by atoms with Crippen molar-refractivity contribution in [3.05, 3.63) is 32.6 Å². The number of hydrogen-bond donors (Lipinski definition) is 4. The van der Waals surface area contributed by atoms with Crippen LogP contribution in [-0.4, -0.2) is 42.5 Å². The van der Waals surface area contributed by atoms with Crippen LogP contribution in [0.4, 0.5) is 0 Å². The first-order chi connectivity index (χ1) is 13.6. The summed E-state index contributed by atoms with van der Waals surface area (Å²) in [5.74, 6) is 0. The molecular weight excluding hydrogens is 438 g/mol. The van der Waals surface area contributed by atoms with Crippen molar-refractivity contribution in [3.8, 4) is 0 Å². The molecule has 0 atom stereocenters. The minimum Gasteiger partial charge on any atom is -0.298 e. The average Bonchev–Trinajstić information content (AvgIpc) is 2.71. The number of unbranched alkanes of at least 4 members (excludes halogenated alkanes) is 2. The fraction of sp³-hybridized carbons (Fsp3) is 0.692. The van der Waals surface area contributed by atoms with Crippen LogP contribution in [0.15, 0.2) is 15.7 Å². The van der Waals surface area contributed by atoms with Crippen LogP contribution in [0.1, 0.15) is 31.4 Å². The molecule has 0 bridgehead atoms. The van der Waals surface area contributed by atoms with E-state index in [4.69, 9.17) is 21.0 Å². The maximum atomic E-state index is 12.6. The summed E-state index contributed by atoms with van der Waals surface area (Å²) in [7, 11) is -8.01. The smallest absolute Gasteiger partial charge is 0.298 e. The first kappa shape index (κ1) is 25.9. The molecule has 0 spiro atoms. The lowest BCUT2D eigenvalue weighted by molar-refractivity contribution is -0.208. The van der Waals surface area contributed by atoms with Crippen LogP contribution < -0.4 is 11.2 Å². The summed E-state index contributed by atoms with van der Waals surface area (Å²) in [6.45, 7) is 1.72. The fourth-order valence-electron chi connectivity index (χ4n) is 2.55. The van der Waals surface area contributed by atoms with E-state index in [1.54, 1.807) is 6.92 Å². The van der Waals surface area contributed by atoms with Crippen LogP contribution in [0.25, 0.3) is 0 Å². The normalized spacial score (nSPS) is 12.4. The van der Waals surface area contributed by atoms with Gasteiger partial charge in [0.15, 0.2) is 0 Å². The third-order valence-corrected chi connectivity index (χ3v) is 6.83. The second kappa shape index (κ2) is 11.9. The predicted octanol–water partition coefficient (Wildman–Crippen LogP) is 2.22. The molecule has 0 aliphatic rings. The van der Waals surface area contributed by atoms with Gasteiger partial charge in [0.1, 0.15) is 0 Å². The van der Waals surface area contributed by atoms with Crippen molar-refractivity contribution in [2.75, 3.05) is 12.3 Å². The monoisotopic (exact) mass is 462 g/mol. The van der Waals surface area contributed by atoms with Gasteiger partial charge in [-0.25, -0.2) is 25.8 Å². The molecule has 0 aliphatic heterocycles. The molecule has 0 unspecified atom stereocenters. The molecule has 0 fully saturated rings. The SMILES string of the molecule is Cc1cc(=O)n(CCCCP(=O)(OO)OO)c(=O)n1CCCCP(=O)(OO)OO. The minimum absolute atomic E-state index is 0.0132. The standard InChI is InChI=1S/C13H24N2O12P2/c1-11-10-12(16)15(7-3-5-9-29(23,26-20)27-21)13(17)14(11)6-2-4-8-28(22,24-18)25-19/h10,18-21H,2-9H2,1H3. The first-order valence-electron chi connectivity index (χ1n) is 8.47. The number of nitrogens with zero attached hydrogens (tertiary/aromatic N) is 2. The molecule has 0 radical (unpaired) electrons. The van der Waals surface area contributed by atoms with E-state index in [0.29, 0.717) is 12.1 Å². The van der Waals surface area contributed by atoms with Gasteiger partial charge in [-0.1, -0.05) is 0 Å². The molecule has 1 aromatic heterocycles. The van der Waals surface area contributed by atoms with Crippen molar-refractivity contribution in [2.45, 2.75) is 45.7 Å². The zero-order chi connectivity index (χ0) is 22.1. The van der Waals surface area contributed by atoms with E-state index in [9.17, 15) is 18.7 Å². The molecule has 29 heavy (non-hydrogen) atoms. The third-order valence-electron chi connectivity index (χ3n) is 4.11. The number of rotatable bonds is 14. The summed E-state index contributed by atoms with van der Waals surface area (Å²) >= 11 is 0. The minimum atomic E-state index is -4.02. The lowest BCUT2D eigenvalue weighted by Crippen LogP contribution is -2.40. The van der Waals surface area contributed by atoms with Crippen molar-refractivity contribution < 1.29 is 48.9 Å². The van der Waals surface area contributed by atoms with E-state index >= 15 is 0 Å². The van der Waals surface area contributed by atoms with Crippen molar-refractivity contribution in [1.29, 1.82) is 0 Å². The van der Waals surface area contributed by atoms with Gasteiger partial charge in [0.25, 0.3) is 5.56 Å². The molecule has 14 nitrogen and oxygen atoms in total. The van der Waals surface area contributed by atoms with Gasteiger partial charge in [0.2, 0.25) is 0 Å². The molecule has 0 saturated heterocycles. The van der Waals surface area contributed by atoms with E-state index in [-0.39, 0.29) is 44.7 Å². The van der Waals surface area contributed by atoms with Crippen LogP contribution in [0.3, 0.4) is 0 Å². The Balaban J connectivity index is 2.75. The summed E-state index contributed by atoms with van der Waals surface area (Å²) in [6, 6.07) is 1.26. The zero-order valence-corrected chi connectivity index (χ0v) is 17.4. The molecule has 1 aromatic rings. The van der Waals surface area contributed by atoms with Crippen LogP contribution >= 0.6 is 15.2 Å². The van der Waals surface area contributed by atoms with E-state index in [1.165, 1.54) is 10.6 Å². The van der Waals surface area contributed by atoms with Crippen molar-refractivity contribution in [2.24, 2.45) is 0 Å². The van der Waals surface area contributed by atoms with Crippen LogP contribution in [0.2, 0.25) is 0 Å². The molecule has 0 aliphatic carbocycles. The Kier molecular flexibility index (Phi) is 10.6. The Morgan fingerprint density at radius 1 is 0.793 bits per heavy atom. The lowest BCUT2D eigenvalue weighted by atomic mass is 10.3. The first-order valence-corrected chi connectivity index (χ1v) is 11.9. The molecule has 4 N–H and O–H groups in total. The Morgan fingerprint density at radius 3 is 1.62 bits per heavy atom. The molecule has 168 valence electrons. The van der Waals surface area contributed by atoms with E-state index in [2.05, 4.69) is 18.7 Å². The van der Waals surface area contributed by atoms with Gasteiger partial charge < -0.3 is 0 Å². The quantitative estimate of drug-likeness (QED) is 0.136. The summed E-state index contributed by atoms with van der Waals surface area (Å²) < 4.78 is 39.8. The van der Waals surface area contributed by atoms with Crippen molar-refractivity contribution in [3.63, 3.8) is 0 Å². The highest BCUT2D eigenvalue weighted by Crippen LogP contribution is 2.47. The molecule has 1 rings (SSSR count). The molecule has 0 aromatic carbocycles. The van der Waals surface area contributed by atoms with E-state index in [1.807, 2.05) is 0 Å². The van der Waals surface area contributed by atoms with Gasteiger partial charge in [-0.2, -0.15) is 18.7 Å². The van der Waals surface area contributed by atoms with Crippen molar-refractivity contribution in [1.82, 2.24) is 9.13 Å². The van der Waals surface area contributed by atoms with Gasteiger partial charge in [0, 0.05) is 24.8 Å². The second-order valence-electron chi connectivity index (χ2n) is 6.12. The average molecular weight is 462 g/mol. The Labute approximate surface area is 164 Å². The van der Waals surface area contributed by atoms with Gasteiger partial charge in [-0.3, -0.25) is 23.1 Å². The number of hydrogen-bond acceptors (Lipinski definition) is 12. The highest BCUT2D eigenvalue weighted by Gasteiger charge is 2.25. The maximum Gasteiger partial charge on any atom is 0.383 e. The van der Waals surface area contributed by atoms with Gasteiger partial charge >= 0.3 is 20.9 Å². The lowest BCUT2D eigenvalue weighted by Gasteiger charge is -2.14. The second-order valence-corrected chi connectivity index (χ2v) is 10.1. The zero-order valence-electron chi connectivity index (χ0n) is 15.6. The summed E-state index contributed by atoms with van der Waals surface area (Å²) in [6.07, 6.45) is 0.207.